The van der Waals surface area contributed by atoms with Crippen LogP contribution in [0.15, 0.2) is 30.3 Å². The van der Waals surface area contributed by atoms with Crippen molar-refractivity contribution in [2.24, 2.45) is 0 Å². The lowest BCUT2D eigenvalue weighted by Crippen LogP contribution is -2.04. The Hall–Kier alpha value is -1.07. The summed E-state index contributed by atoms with van der Waals surface area (Å²) in [4.78, 5) is 0. The zero-order chi connectivity index (χ0) is 11.9. The molecule has 0 fully saturated rings. The van der Waals surface area contributed by atoms with Gasteiger partial charge in [-0.05, 0) is 31.4 Å². The fourth-order valence-electron chi connectivity index (χ4n) is 1.27. The van der Waals surface area contributed by atoms with E-state index in [-0.39, 0.29) is 5.75 Å². The molecule has 0 aromatic heterocycles. The van der Waals surface area contributed by atoms with E-state index in [1.807, 2.05) is 30.3 Å². The minimum Gasteiger partial charge on any atom is -0.494 e. The number of hydrogen-bond donors (Lipinski definition) is 1. The van der Waals surface area contributed by atoms with Crippen LogP contribution in [0.2, 0.25) is 0 Å². The Morgan fingerprint density at radius 2 is 1.75 bits per heavy atom. The Kier molecular flexibility index (Phi) is 5.28. The van der Waals surface area contributed by atoms with Crippen LogP contribution in [0.5, 0.6) is 5.75 Å². The smallest absolute Gasteiger partial charge is 0.264 e. The normalized spacial score (nSPS) is 11.3. The summed E-state index contributed by atoms with van der Waals surface area (Å²) >= 11 is 0. The Balaban J connectivity index is 2.05. The SMILES string of the molecule is O=S(=O)(O)CCCCCOc1ccccc1. The molecule has 1 aromatic rings. The van der Waals surface area contributed by atoms with Crippen molar-refractivity contribution in [3.63, 3.8) is 0 Å². The fraction of sp³-hybridized carbons (Fsp3) is 0.455. The second kappa shape index (κ2) is 6.50. The van der Waals surface area contributed by atoms with E-state index in [0.29, 0.717) is 13.0 Å². The number of para-hydroxylation sites is 1. The lowest BCUT2D eigenvalue weighted by atomic mass is 10.3. The highest BCUT2D eigenvalue weighted by atomic mass is 32.2. The molecule has 0 aliphatic heterocycles. The molecule has 0 unspecified atom stereocenters. The summed E-state index contributed by atoms with van der Waals surface area (Å²) in [5, 5.41) is 0. The van der Waals surface area contributed by atoms with Gasteiger partial charge in [0.25, 0.3) is 10.1 Å². The van der Waals surface area contributed by atoms with Crippen LogP contribution in [-0.2, 0) is 10.1 Å². The second-order valence-electron chi connectivity index (χ2n) is 3.51. The third-order valence-electron chi connectivity index (χ3n) is 2.06. The Morgan fingerprint density at radius 3 is 2.38 bits per heavy atom. The molecule has 0 amide bonds. The van der Waals surface area contributed by atoms with Gasteiger partial charge >= 0.3 is 0 Å². The zero-order valence-electron chi connectivity index (χ0n) is 9.00. The molecule has 0 saturated carbocycles. The lowest BCUT2D eigenvalue weighted by Gasteiger charge is -2.04. The van der Waals surface area contributed by atoms with E-state index in [1.165, 1.54) is 0 Å². The largest absolute Gasteiger partial charge is 0.494 e. The molecule has 0 saturated heterocycles. The van der Waals surface area contributed by atoms with Gasteiger partial charge in [0.15, 0.2) is 0 Å². The van der Waals surface area contributed by atoms with Gasteiger partial charge in [-0.2, -0.15) is 8.42 Å². The Labute approximate surface area is 96.0 Å². The van der Waals surface area contributed by atoms with Crippen LogP contribution >= 0.6 is 0 Å². The monoisotopic (exact) mass is 244 g/mol. The number of ether oxygens (including phenoxy) is 1. The number of benzene rings is 1. The first-order valence-corrected chi connectivity index (χ1v) is 6.82. The van der Waals surface area contributed by atoms with Crippen LogP contribution in [0.4, 0.5) is 0 Å². The molecule has 90 valence electrons. The minimum absolute atomic E-state index is 0.168. The summed E-state index contributed by atoms with van der Waals surface area (Å²) < 4.78 is 34.7. The van der Waals surface area contributed by atoms with Gasteiger partial charge in [0, 0.05) is 0 Å². The van der Waals surface area contributed by atoms with Crippen molar-refractivity contribution in [3.05, 3.63) is 30.3 Å². The van der Waals surface area contributed by atoms with Crippen molar-refractivity contribution in [1.29, 1.82) is 0 Å². The molecular weight excluding hydrogens is 228 g/mol. The summed E-state index contributed by atoms with van der Waals surface area (Å²) in [6.07, 6.45) is 1.98. The van der Waals surface area contributed by atoms with Gasteiger partial charge in [-0.15, -0.1) is 0 Å². The van der Waals surface area contributed by atoms with Gasteiger partial charge in [-0.3, -0.25) is 4.55 Å². The van der Waals surface area contributed by atoms with Gasteiger partial charge < -0.3 is 4.74 Å². The molecule has 5 heteroatoms. The van der Waals surface area contributed by atoms with E-state index in [4.69, 9.17) is 9.29 Å². The van der Waals surface area contributed by atoms with Crippen LogP contribution in [0.1, 0.15) is 19.3 Å². The quantitative estimate of drug-likeness (QED) is 0.589. The molecule has 0 heterocycles. The lowest BCUT2D eigenvalue weighted by molar-refractivity contribution is 0.306. The first-order chi connectivity index (χ1) is 7.58. The molecule has 0 atom stereocenters. The summed E-state index contributed by atoms with van der Waals surface area (Å²) in [7, 11) is -3.80. The van der Waals surface area contributed by atoms with Gasteiger partial charge in [-0.1, -0.05) is 18.2 Å². The Morgan fingerprint density at radius 1 is 1.06 bits per heavy atom. The first-order valence-electron chi connectivity index (χ1n) is 5.21. The number of unbranched alkanes of at least 4 members (excludes halogenated alkanes) is 2. The van der Waals surface area contributed by atoms with Crippen molar-refractivity contribution in [2.45, 2.75) is 19.3 Å². The highest BCUT2D eigenvalue weighted by Crippen LogP contribution is 2.09. The van der Waals surface area contributed by atoms with Crippen LogP contribution in [0.25, 0.3) is 0 Å². The predicted molar refractivity (Wildman–Crippen MR) is 62.2 cm³/mol. The standard InChI is InChI=1S/C11H16O4S/c12-16(13,14)10-6-2-5-9-15-11-7-3-1-4-8-11/h1,3-4,7-8H,2,5-6,9-10H2,(H,12,13,14). The molecule has 0 aliphatic rings. The Bertz CT molecular complexity index is 386. The van der Waals surface area contributed by atoms with Crippen LogP contribution in [0.3, 0.4) is 0 Å². The van der Waals surface area contributed by atoms with E-state index >= 15 is 0 Å². The van der Waals surface area contributed by atoms with Gasteiger partial charge in [0.2, 0.25) is 0 Å². The van der Waals surface area contributed by atoms with Crippen LogP contribution in [-0.4, -0.2) is 25.3 Å². The zero-order valence-corrected chi connectivity index (χ0v) is 9.82. The molecule has 1 rings (SSSR count). The summed E-state index contributed by atoms with van der Waals surface area (Å²) in [6.45, 7) is 0.565. The first kappa shape index (κ1) is 13.0. The maximum atomic E-state index is 10.4. The van der Waals surface area contributed by atoms with Crippen LogP contribution < -0.4 is 4.74 Å². The van der Waals surface area contributed by atoms with Crippen LogP contribution in [0, 0.1) is 0 Å². The molecular formula is C11H16O4S. The van der Waals surface area contributed by atoms with Crippen molar-refractivity contribution >= 4 is 10.1 Å². The van der Waals surface area contributed by atoms with E-state index in [1.54, 1.807) is 0 Å². The second-order valence-corrected chi connectivity index (χ2v) is 5.08. The molecule has 16 heavy (non-hydrogen) atoms. The molecule has 4 nitrogen and oxygen atoms in total. The maximum absolute atomic E-state index is 10.4. The highest BCUT2D eigenvalue weighted by Gasteiger charge is 2.02. The van der Waals surface area contributed by atoms with Crippen molar-refractivity contribution in [2.75, 3.05) is 12.4 Å². The average Bonchev–Trinajstić information content (AvgIpc) is 2.23. The number of hydrogen-bond acceptors (Lipinski definition) is 3. The topological polar surface area (TPSA) is 63.6 Å². The third kappa shape index (κ3) is 6.42. The summed E-state index contributed by atoms with van der Waals surface area (Å²) in [5.74, 6) is 0.649. The highest BCUT2D eigenvalue weighted by molar-refractivity contribution is 7.85. The average molecular weight is 244 g/mol. The summed E-state index contributed by atoms with van der Waals surface area (Å²) in [5.41, 5.74) is 0. The molecule has 0 spiro atoms. The van der Waals surface area contributed by atoms with Gasteiger partial charge in [0.1, 0.15) is 5.75 Å². The van der Waals surface area contributed by atoms with Gasteiger partial charge in [0.05, 0.1) is 12.4 Å². The number of rotatable bonds is 7. The fourth-order valence-corrected chi connectivity index (χ4v) is 1.84. The van der Waals surface area contributed by atoms with E-state index < -0.39 is 10.1 Å². The molecule has 1 aromatic carbocycles. The molecule has 1 N–H and O–H groups in total. The minimum atomic E-state index is -3.80. The maximum Gasteiger partial charge on any atom is 0.264 e. The molecule has 0 radical (unpaired) electrons. The molecule has 0 aliphatic carbocycles. The molecule has 0 bridgehead atoms. The third-order valence-corrected chi connectivity index (χ3v) is 2.86. The van der Waals surface area contributed by atoms with E-state index in [2.05, 4.69) is 0 Å². The van der Waals surface area contributed by atoms with Gasteiger partial charge in [-0.25, -0.2) is 0 Å². The summed E-state index contributed by atoms with van der Waals surface area (Å²) in [6, 6.07) is 9.46. The predicted octanol–water partition coefficient (Wildman–Crippen LogP) is 2.12. The van der Waals surface area contributed by atoms with Crippen molar-refractivity contribution in [1.82, 2.24) is 0 Å². The van der Waals surface area contributed by atoms with E-state index in [9.17, 15) is 8.42 Å². The van der Waals surface area contributed by atoms with E-state index in [0.717, 1.165) is 18.6 Å². The van der Waals surface area contributed by atoms with Crippen molar-refractivity contribution in [3.8, 4) is 5.75 Å². The van der Waals surface area contributed by atoms with Crippen molar-refractivity contribution < 1.29 is 17.7 Å².